The highest BCUT2D eigenvalue weighted by molar-refractivity contribution is 5.76. The maximum Gasteiger partial charge on any atom is 0.508 e. The van der Waals surface area contributed by atoms with Crippen molar-refractivity contribution >= 4 is 24.1 Å². The molecule has 0 aromatic carbocycles. The fourth-order valence-electron chi connectivity index (χ4n) is 4.46. The summed E-state index contributed by atoms with van der Waals surface area (Å²) in [5.74, 6) is 0.152. The molecular weight excluding hydrogens is 480 g/mol. The highest BCUT2D eigenvalue weighted by atomic mass is 16.8. The first kappa shape index (κ1) is 30.7. The van der Waals surface area contributed by atoms with Crippen molar-refractivity contribution in [1.82, 2.24) is 10.6 Å². The van der Waals surface area contributed by atoms with Crippen molar-refractivity contribution < 1.29 is 38.1 Å². The van der Waals surface area contributed by atoms with Crippen LogP contribution in [0.25, 0.3) is 0 Å². The Labute approximate surface area is 220 Å². The van der Waals surface area contributed by atoms with Gasteiger partial charge in [-0.25, -0.2) is 9.59 Å². The zero-order chi connectivity index (χ0) is 26.6. The third-order valence-electron chi connectivity index (χ3n) is 6.66. The maximum atomic E-state index is 11.9. The highest BCUT2D eigenvalue weighted by Gasteiger charge is 2.24. The molecule has 2 aliphatic heterocycles. The van der Waals surface area contributed by atoms with Crippen LogP contribution in [0.4, 0.5) is 9.59 Å². The molecule has 2 rings (SSSR count). The van der Waals surface area contributed by atoms with Gasteiger partial charge in [-0.2, -0.15) is 0 Å². The summed E-state index contributed by atoms with van der Waals surface area (Å²) in [6.45, 7) is 1.92. The molecule has 0 aromatic heterocycles. The van der Waals surface area contributed by atoms with E-state index in [0.717, 1.165) is 96.3 Å². The average molecular weight is 527 g/mol. The van der Waals surface area contributed by atoms with Gasteiger partial charge >= 0.3 is 12.3 Å². The van der Waals surface area contributed by atoms with Crippen molar-refractivity contribution in [1.29, 1.82) is 0 Å². The van der Waals surface area contributed by atoms with E-state index in [-0.39, 0.29) is 24.0 Å². The van der Waals surface area contributed by atoms with Crippen LogP contribution in [-0.2, 0) is 28.5 Å². The lowest BCUT2D eigenvalue weighted by Gasteiger charge is -2.08. The predicted octanol–water partition coefficient (Wildman–Crippen LogP) is 4.92. The molecule has 10 heteroatoms. The van der Waals surface area contributed by atoms with Crippen LogP contribution in [0.5, 0.6) is 0 Å². The van der Waals surface area contributed by atoms with Gasteiger partial charge in [-0.1, -0.05) is 51.4 Å². The molecule has 2 atom stereocenters. The summed E-state index contributed by atoms with van der Waals surface area (Å²) < 4.78 is 19.5. The summed E-state index contributed by atoms with van der Waals surface area (Å²) in [6.07, 6.45) is 14.8. The number of rotatable bonds is 22. The molecule has 0 radical (unpaired) electrons. The third kappa shape index (κ3) is 16.0. The Morgan fingerprint density at radius 3 is 1.32 bits per heavy atom. The van der Waals surface area contributed by atoms with Gasteiger partial charge in [-0.15, -0.1) is 0 Å². The minimum atomic E-state index is -0.554. The van der Waals surface area contributed by atoms with E-state index >= 15 is 0 Å². The monoisotopic (exact) mass is 526 g/mol. The van der Waals surface area contributed by atoms with Crippen molar-refractivity contribution in [2.45, 2.75) is 121 Å². The number of unbranched alkanes of at least 4 members (excludes halogenated alkanes) is 10. The van der Waals surface area contributed by atoms with Crippen LogP contribution in [0.15, 0.2) is 0 Å². The van der Waals surface area contributed by atoms with Crippen molar-refractivity contribution in [3.8, 4) is 0 Å². The SMILES string of the molecule is O=C(CCCCCCCCC1COC(=O)O1)NCCCNC(=O)CCCCCCCCC1COC(=O)O1. The smallest absolute Gasteiger partial charge is 0.430 e. The number of hydrogen-bond acceptors (Lipinski definition) is 8. The van der Waals surface area contributed by atoms with Gasteiger partial charge in [0.1, 0.15) is 25.4 Å². The Morgan fingerprint density at radius 2 is 0.946 bits per heavy atom. The quantitative estimate of drug-likeness (QED) is 0.150. The van der Waals surface area contributed by atoms with Crippen LogP contribution in [0, 0.1) is 0 Å². The molecule has 0 bridgehead atoms. The van der Waals surface area contributed by atoms with Gasteiger partial charge in [-0.05, 0) is 44.9 Å². The van der Waals surface area contributed by atoms with E-state index in [1.807, 2.05) is 0 Å². The number of carbonyl (C=O) groups excluding carboxylic acids is 4. The molecule has 2 amide bonds. The second kappa shape index (κ2) is 19.6. The minimum absolute atomic E-state index is 0.0759. The molecule has 212 valence electrons. The van der Waals surface area contributed by atoms with Crippen molar-refractivity contribution in [2.24, 2.45) is 0 Å². The average Bonchev–Trinajstić information content (AvgIpc) is 3.49. The van der Waals surface area contributed by atoms with Crippen molar-refractivity contribution in [3.63, 3.8) is 0 Å². The molecule has 0 spiro atoms. The van der Waals surface area contributed by atoms with Crippen LogP contribution in [0.3, 0.4) is 0 Å². The minimum Gasteiger partial charge on any atom is -0.430 e. The molecule has 10 nitrogen and oxygen atoms in total. The lowest BCUT2D eigenvalue weighted by atomic mass is 10.1. The molecule has 0 aromatic rings. The lowest BCUT2D eigenvalue weighted by Crippen LogP contribution is -2.29. The van der Waals surface area contributed by atoms with Gasteiger partial charge in [0.25, 0.3) is 0 Å². The van der Waals surface area contributed by atoms with Gasteiger partial charge in [0.2, 0.25) is 11.8 Å². The van der Waals surface area contributed by atoms with Gasteiger partial charge < -0.3 is 29.6 Å². The first-order valence-electron chi connectivity index (χ1n) is 14.2. The van der Waals surface area contributed by atoms with Gasteiger partial charge in [0, 0.05) is 25.9 Å². The molecular formula is C27H46N2O8. The predicted molar refractivity (Wildman–Crippen MR) is 137 cm³/mol. The van der Waals surface area contributed by atoms with E-state index in [9.17, 15) is 19.2 Å². The largest absolute Gasteiger partial charge is 0.508 e. The maximum absolute atomic E-state index is 11.9. The lowest BCUT2D eigenvalue weighted by molar-refractivity contribution is -0.121. The number of carbonyl (C=O) groups is 4. The first-order valence-corrected chi connectivity index (χ1v) is 14.2. The summed E-state index contributed by atoms with van der Waals surface area (Å²) >= 11 is 0. The molecule has 2 aliphatic rings. The van der Waals surface area contributed by atoms with Crippen molar-refractivity contribution in [3.05, 3.63) is 0 Å². The number of ether oxygens (including phenoxy) is 4. The van der Waals surface area contributed by atoms with E-state index in [1.165, 1.54) is 0 Å². The fraction of sp³-hybridized carbons (Fsp3) is 0.852. The summed E-state index contributed by atoms with van der Waals surface area (Å²) in [7, 11) is 0. The topological polar surface area (TPSA) is 129 Å². The zero-order valence-electron chi connectivity index (χ0n) is 22.3. The highest BCUT2D eigenvalue weighted by Crippen LogP contribution is 2.16. The van der Waals surface area contributed by atoms with Crippen LogP contribution in [0.1, 0.15) is 109 Å². The Kier molecular flexibility index (Phi) is 16.2. The number of cyclic esters (lactones) is 4. The Balaban J connectivity index is 1.25. The van der Waals surface area contributed by atoms with Crippen LogP contribution in [-0.4, -0.2) is 62.6 Å². The summed E-state index contributed by atoms with van der Waals surface area (Å²) in [5, 5.41) is 5.85. The Morgan fingerprint density at radius 1 is 0.568 bits per heavy atom. The van der Waals surface area contributed by atoms with Gasteiger partial charge in [0.15, 0.2) is 0 Å². The summed E-state index contributed by atoms with van der Waals surface area (Å²) in [5.41, 5.74) is 0. The van der Waals surface area contributed by atoms with E-state index in [1.54, 1.807) is 0 Å². The van der Waals surface area contributed by atoms with E-state index in [4.69, 9.17) is 18.9 Å². The molecule has 0 aliphatic carbocycles. The number of amides is 2. The second-order valence-corrected chi connectivity index (χ2v) is 9.98. The molecule has 2 fully saturated rings. The normalized spacial score (nSPS) is 18.6. The second-order valence-electron chi connectivity index (χ2n) is 9.98. The van der Waals surface area contributed by atoms with Crippen LogP contribution in [0.2, 0.25) is 0 Å². The molecule has 2 saturated heterocycles. The summed E-state index contributed by atoms with van der Waals surface area (Å²) in [4.78, 5) is 45.5. The van der Waals surface area contributed by atoms with E-state index < -0.39 is 12.3 Å². The van der Waals surface area contributed by atoms with Gasteiger partial charge in [-0.3, -0.25) is 9.59 Å². The molecule has 0 saturated carbocycles. The zero-order valence-corrected chi connectivity index (χ0v) is 22.3. The Bertz CT molecular complexity index is 631. The van der Waals surface area contributed by atoms with Crippen LogP contribution >= 0.6 is 0 Å². The first-order chi connectivity index (χ1) is 18.0. The van der Waals surface area contributed by atoms with Gasteiger partial charge in [0.05, 0.1) is 0 Å². The number of hydrogen-bond donors (Lipinski definition) is 2. The molecule has 2 heterocycles. The van der Waals surface area contributed by atoms with Crippen LogP contribution < -0.4 is 10.6 Å². The van der Waals surface area contributed by atoms with E-state index in [0.29, 0.717) is 39.1 Å². The molecule has 2 unspecified atom stereocenters. The van der Waals surface area contributed by atoms with E-state index in [2.05, 4.69) is 10.6 Å². The fourth-order valence-corrected chi connectivity index (χ4v) is 4.46. The molecule has 37 heavy (non-hydrogen) atoms. The standard InChI is InChI=1S/C27H46N2O8/c30-24(16-11-7-3-1-5-9-14-22-20-34-26(32)36-22)28-18-13-19-29-25(31)17-12-8-4-2-6-10-15-23-21-35-27(33)37-23/h22-23H,1-21H2,(H,28,30)(H,29,31). The molecule has 2 N–H and O–H groups in total. The van der Waals surface area contributed by atoms with Crippen molar-refractivity contribution in [2.75, 3.05) is 26.3 Å². The third-order valence-corrected chi connectivity index (χ3v) is 6.66. The summed E-state index contributed by atoms with van der Waals surface area (Å²) in [6, 6.07) is 0. The Hall–Kier alpha value is -2.52. The number of nitrogens with one attached hydrogen (secondary N) is 2.